The van der Waals surface area contributed by atoms with E-state index in [1.165, 1.54) is 12.1 Å². The van der Waals surface area contributed by atoms with Crippen LogP contribution in [-0.4, -0.2) is 50.4 Å². The fraction of sp³-hybridized carbons (Fsp3) is 0.471. The molecular weight excluding hydrogens is 327 g/mol. The molecule has 0 spiro atoms. The van der Waals surface area contributed by atoms with Gasteiger partial charge in [0.1, 0.15) is 5.82 Å². The summed E-state index contributed by atoms with van der Waals surface area (Å²) in [6.45, 7) is 0.388. The van der Waals surface area contributed by atoms with E-state index in [9.17, 15) is 9.18 Å². The van der Waals surface area contributed by atoms with E-state index in [0.29, 0.717) is 17.5 Å². The highest BCUT2D eigenvalue weighted by Gasteiger charge is 2.33. The standard InChI is InChI=1S/C17H21FN4OS/c1-21(15-7-4-8-16(15)24-2)17(23)14-11-22(20-19-14)10-12-5-3-6-13(18)9-12/h3,5-6,9,11,15-16H,4,7-8,10H2,1-2H3/t15-,16+/m1/s1. The summed E-state index contributed by atoms with van der Waals surface area (Å²) >= 11 is 1.82. The molecule has 1 amide bonds. The average Bonchev–Trinajstić information content (AvgIpc) is 3.22. The molecule has 1 heterocycles. The van der Waals surface area contributed by atoms with E-state index in [1.54, 1.807) is 21.8 Å². The summed E-state index contributed by atoms with van der Waals surface area (Å²) in [6, 6.07) is 6.58. The van der Waals surface area contributed by atoms with Gasteiger partial charge in [-0.15, -0.1) is 5.10 Å². The number of hydrogen-bond donors (Lipinski definition) is 0. The molecule has 0 aliphatic heterocycles. The number of carbonyl (C=O) groups is 1. The van der Waals surface area contributed by atoms with Gasteiger partial charge in [-0.2, -0.15) is 11.8 Å². The second-order valence-electron chi connectivity index (χ2n) is 6.12. The molecule has 3 rings (SSSR count). The summed E-state index contributed by atoms with van der Waals surface area (Å²) in [5.74, 6) is -0.389. The van der Waals surface area contributed by atoms with Gasteiger partial charge in [0, 0.05) is 18.3 Å². The van der Waals surface area contributed by atoms with Gasteiger partial charge in [0.05, 0.1) is 12.7 Å². The number of hydrogen-bond acceptors (Lipinski definition) is 4. The maximum Gasteiger partial charge on any atom is 0.276 e. The lowest BCUT2D eigenvalue weighted by Gasteiger charge is -2.28. The Labute approximate surface area is 145 Å². The van der Waals surface area contributed by atoms with Crippen LogP contribution in [0.4, 0.5) is 4.39 Å². The van der Waals surface area contributed by atoms with E-state index in [2.05, 4.69) is 16.6 Å². The van der Waals surface area contributed by atoms with Crippen molar-refractivity contribution in [1.82, 2.24) is 19.9 Å². The zero-order valence-electron chi connectivity index (χ0n) is 13.9. The lowest BCUT2D eigenvalue weighted by molar-refractivity contribution is 0.0732. The van der Waals surface area contributed by atoms with Crippen LogP contribution in [-0.2, 0) is 6.54 Å². The first-order chi connectivity index (χ1) is 11.6. The van der Waals surface area contributed by atoms with Crippen molar-refractivity contribution in [3.63, 3.8) is 0 Å². The predicted molar refractivity (Wildman–Crippen MR) is 92.6 cm³/mol. The monoisotopic (exact) mass is 348 g/mol. The van der Waals surface area contributed by atoms with Crippen molar-refractivity contribution in [2.45, 2.75) is 37.1 Å². The van der Waals surface area contributed by atoms with Gasteiger partial charge in [0.25, 0.3) is 5.91 Å². The van der Waals surface area contributed by atoms with Crippen LogP contribution >= 0.6 is 11.8 Å². The number of benzene rings is 1. The van der Waals surface area contributed by atoms with Gasteiger partial charge in [0.15, 0.2) is 5.69 Å². The largest absolute Gasteiger partial charge is 0.336 e. The van der Waals surface area contributed by atoms with Crippen molar-refractivity contribution in [3.8, 4) is 0 Å². The van der Waals surface area contributed by atoms with E-state index in [-0.39, 0.29) is 17.8 Å². The number of carbonyl (C=O) groups excluding carboxylic acids is 1. The van der Waals surface area contributed by atoms with Crippen LogP contribution in [0.5, 0.6) is 0 Å². The molecular formula is C17H21FN4OS. The molecule has 2 aromatic rings. The normalized spacial score (nSPS) is 20.3. The summed E-state index contributed by atoms with van der Waals surface area (Å²) in [4.78, 5) is 14.5. The van der Waals surface area contributed by atoms with E-state index >= 15 is 0 Å². The number of rotatable bonds is 5. The summed E-state index contributed by atoms with van der Waals surface area (Å²) in [7, 11) is 1.84. The molecule has 5 nitrogen and oxygen atoms in total. The number of amides is 1. The first kappa shape index (κ1) is 17.0. The summed E-state index contributed by atoms with van der Waals surface area (Å²) in [6.07, 6.45) is 7.06. The lowest BCUT2D eigenvalue weighted by atomic mass is 10.2. The molecule has 1 aliphatic carbocycles. The van der Waals surface area contributed by atoms with Crippen molar-refractivity contribution in [1.29, 1.82) is 0 Å². The maximum absolute atomic E-state index is 13.2. The molecule has 24 heavy (non-hydrogen) atoms. The Morgan fingerprint density at radius 1 is 1.46 bits per heavy atom. The Kier molecular flexibility index (Phi) is 5.18. The molecule has 1 aromatic carbocycles. The first-order valence-electron chi connectivity index (χ1n) is 8.03. The highest BCUT2D eigenvalue weighted by molar-refractivity contribution is 7.99. The van der Waals surface area contributed by atoms with Crippen molar-refractivity contribution < 1.29 is 9.18 Å². The number of aromatic nitrogens is 3. The molecule has 2 atom stereocenters. The second kappa shape index (κ2) is 7.34. The molecule has 1 aliphatic rings. The van der Waals surface area contributed by atoms with Crippen LogP contribution in [0, 0.1) is 5.82 Å². The van der Waals surface area contributed by atoms with Gasteiger partial charge in [0.2, 0.25) is 0 Å². The van der Waals surface area contributed by atoms with Crippen LogP contribution in [0.3, 0.4) is 0 Å². The third kappa shape index (κ3) is 3.61. The van der Waals surface area contributed by atoms with Crippen LogP contribution < -0.4 is 0 Å². The lowest BCUT2D eigenvalue weighted by Crippen LogP contribution is -2.40. The molecule has 0 radical (unpaired) electrons. The molecule has 0 N–H and O–H groups in total. The van der Waals surface area contributed by atoms with E-state index in [0.717, 1.165) is 24.8 Å². The zero-order valence-corrected chi connectivity index (χ0v) is 14.7. The van der Waals surface area contributed by atoms with Crippen molar-refractivity contribution in [2.24, 2.45) is 0 Å². The molecule has 1 aromatic heterocycles. The Morgan fingerprint density at radius 3 is 3.04 bits per heavy atom. The molecule has 0 bridgehead atoms. The Bertz CT molecular complexity index is 720. The third-order valence-electron chi connectivity index (χ3n) is 4.53. The maximum atomic E-state index is 13.2. The van der Waals surface area contributed by atoms with Gasteiger partial charge < -0.3 is 4.90 Å². The molecule has 7 heteroatoms. The highest BCUT2D eigenvalue weighted by Crippen LogP contribution is 2.32. The van der Waals surface area contributed by atoms with Crippen LogP contribution in [0.25, 0.3) is 0 Å². The Balaban J connectivity index is 1.69. The van der Waals surface area contributed by atoms with Crippen LogP contribution in [0.15, 0.2) is 30.5 Å². The number of thioether (sulfide) groups is 1. The smallest absolute Gasteiger partial charge is 0.276 e. The van der Waals surface area contributed by atoms with E-state index < -0.39 is 0 Å². The first-order valence-corrected chi connectivity index (χ1v) is 9.32. The highest BCUT2D eigenvalue weighted by atomic mass is 32.2. The van der Waals surface area contributed by atoms with Gasteiger partial charge in [-0.3, -0.25) is 4.79 Å². The predicted octanol–water partition coefficient (Wildman–Crippen LogP) is 2.82. The zero-order chi connectivity index (χ0) is 17.1. The van der Waals surface area contributed by atoms with Crippen LogP contribution in [0.1, 0.15) is 35.3 Å². The van der Waals surface area contributed by atoms with E-state index in [1.807, 2.05) is 24.9 Å². The minimum atomic E-state index is -0.284. The van der Waals surface area contributed by atoms with Crippen LogP contribution in [0.2, 0.25) is 0 Å². The van der Waals surface area contributed by atoms with Crippen molar-refractivity contribution >= 4 is 17.7 Å². The number of halogens is 1. The summed E-state index contributed by atoms with van der Waals surface area (Å²) in [5, 5.41) is 8.49. The molecule has 1 saturated carbocycles. The molecule has 1 fully saturated rings. The van der Waals surface area contributed by atoms with Gasteiger partial charge in [-0.25, -0.2) is 9.07 Å². The molecule has 128 valence electrons. The molecule has 0 saturated heterocycles. The van der Waals surface area contributed by atoms with E-state index in [4.69, 9.17) is 0 Å². The van der Waals surface area contributed by atoms with Crippen molar-refractivity contribution in [2.75, 3.05) is 13.3 Å². The van der Waals surface area contributed by atoms with Gasteiger partial charge in [-0.1, -0.05) is 23.8 Å². The minimum Gasteiger partial charge on any atom is -0.336 e. The fourth-order valence-corrected chi connectivity index (χ4v) is 4.29. The summed E-state index contributed by atoms with van der Waals surface area (Å²) in [5.41, 5.74) is 1.12. The van der Waals surface area contributed by atoms with Crippen molar-refractivity contribution in [3.05, 3.63) is 47.5 Å². The SMILES string of the molecule is CS[C@H]1CCC[C@H]1N(C)C(=O)c1cn(Cc2cccc(F)c2)nn1. The second-order valence-corrected chi connectivity index (χ2v) is 7.20. The average molecular weight is 348 g/mol. The Morgan fingerprint density at radius 2 is 2.29 bits per heavy atom. The topological polar surface area (TPSA) is 51.0 Å². The minimum absolute atomic E-state index is 0.105. The number of nitrogens with zero attached hydrogens (tertiary/aromatic N) is 4. The Hall–Kier alpha value is -1.89. The third-order valence-corrected chi connectivity index (χ3v) is 5.68. The van der Waals surface area contributed by atoms with Gasteiger partial charge >= 0.3 is 0 Å². The fourth-order valence-electron chi connectivity index (χ4n) is 3.25. The molecule has 0 unspecified atom stereocenters. The van der Waals surface area contributed by atoms with Gasteiger partial charge in [-0.05, 0) is 36.8 Å². The summed E-state index contributed by atoms with van der Waals surface area (Å²) < 4.78 is 14.8. The quantitative estimate of drug-likeness (QED) is 0.834.